The van der Waals surface area contributed by atoms with Crippen LogP contribution in [-0.4, -0.2) is 9.78 Å². The molecule has 0 amide bonds. The molecule has 4 heteroatoms. The van der Waals surface area contributed by atoms with Crippen LogP contribution in [0.25, 0.3) is 16.8 Å². The van der Waals surface area contributed by atoms with E-state index in [4.69, 9.17) is 0 Å². The molecule has 0 aliphatic heterocycles. The number of hydrogen-bond donors (Lipinski definition) is 0. The van der Waals surface area contributed by atoms with Gasteiger partial charge < -0.3 is 0 Å². The summed E-state index contributed by atoms with van der Waals surface area (Å²) < 4.78 is 15.7. The molecular weight excluding hydrogens is 307 g/mol. The summed E-state index contributed by atoms with van der Waals surface area (Å²) in [6.07, 6.45) is 3.69. The molecule has 94 valence electrons. The van der Waals surface area contributed by atoms with Crippen molar-refractivity contribution < 1.29 is 4.39 Å². The lowest BCUT2D eigenvalue weighted by Crippen LogP contribution is -1.94. The van der Waals surface area contributed by atoms with E-state index in [0.717, 1.165) is 21.3 Å². The Morgan fingerprint density at radius 1 is 0.947 bits per heavy atom. The van der Waals surface area contributed by atoms with Crippen molar-refractivity contribution in [2.45, 2.75) is 0 Å². The van der Waals surface area contributed by atoms with Gasteiger partial charge in [0.05, 0.1) is 11.9 Å². The molecule has 3 rings (SSSR count). The summed E-state index contributed by atoms with van der Waals surface area (Å²) in [6, 6.07) is 14.3. The molecule has 0 spiro atoms. The Labute approximate surface area is 118 Å². The minimum Gasteiger partial charge on any atom is -0.239 e. The maximum atomic E-state index is 12.9. The summed E-state index contributed by atoms with van der Waals surface area (Å²) in [6.45, 7) is 0. The number of nitrogens with zero attached hydrogens (tertiary/aromatic N) is 2. The average Bonchev–Trinajstić information content (AvgIpc) is 2.89. The SMILES string of the molecule is Fc1ccc(-c2cnn(-c3ccccc3Br)c2)cc1. The highest BCUT2D eigenvalue weighted by Gasteiger charge is 2.05. The zero-order chi connectivity index (χ0) is 13.2. The van der Waals surface area contributed by atoms with E-state index in [1.165, 1.54) is 12.1 Å². The summed E-state index contributed by atoms with van der Waals surface area (Å²) >= 11 is 3.50. The van der Waals surface area contributed by atoms with Gasteiger partial charge in [0.1, 0.15) is 5.82 Å². The molecule has 0 unspecified atom stereocenters. The lowest BCUT2D eigenvalue weighted by molar-refractivity contribution is 0.628. The second-order valence-corrected chi connectivity index (χ2v) is 4.99. The van der Waals surface area contributed by atoms with Crippen LogP contribution in [0.5, 0.6) is 0 Å². The third kappa shape index (κ3) is 2.44. The predicted molar refractivity (Wildman–Crippen MR) is 76.7 cm³/mol. The van der Waals surface area contributed by atoms with Crippen LogP contribution in [0.1, 0.15) is 0 Å². The number of hydrogen-bond acceptors (Lipinski definition) is 1. The van der Waals surface area contributed by atoms with Crippen molar-refractivity contribution in [3.63, 3.8) is 0 Å². The molecule has 0 saturated carbocycles. The van der Waals surface area contributed by atoms with Crippen LogP contribution in [0.3, 0.4) is 0 Å². The summed E-state index contributed by atoms with van der Waals surface area (Å²) in [5.41, 5.74) is 2.87. The minimum atomic E-state index is -0.234. The number of halogens is 2. The van der Waals surface area contributed by atoms with Gasteiger partial charge >= 0.3 is 0 Å². The van der Waals surface area contributed by atoms with Crippen LogP contribution >= 0.6 is 15.9 Å². The zero-order valence-corrected chi connectivity index (χ0v) is 11.5. The van der Waals surface area contributed by atoms with Gasteiger partial charge in [-0.2, -0.15) is 5.10 Å². The van der Waals surface area contributed by atoms with Crippen LogP contribution in [0, 0.1) is 5.82 Å². The van der Waals surface area contributed by atoms with Crippen LogP contribution in [-0.2, 0) is 0 Å². The van der Waals surface area contributed by atoms with Gasteiger partial charge in [-0.25, -0.2) is 9.07 Å². The first kappa shape index (κ1) is 12.1. The second kappa shape index (κ2) is 4.97. The summed E-state index contributed by atoms with van der Waals surface area (Å²) in [7, 11) is 0. The largest absolute Gasteiger partial charge is 0.239 e. The van der Waals surface area contributed by atoms with Crippen molar-refractivity contribution in [1.29, 1.82) is 0 Å². The topological polar surface area (TPSA) is 17.8 Å². The highest BCUT2D eigenvalue weighted by molar-refractivity contribution is 9.10. The fourth-order valence-electron chi connectivity index (χ4n) is 1.88. The standard InChI is InChI=1S/C15H10BrFN2/c16-14-3-1-2-4-15(14)19-10-12(9-18-19)11-5-7-13(17)8-6-11/h1-10H. The van der Waals surface area contributed by atoms with Crippen molar-refractivity contribution in [2.24, 2.45) is 0 Å². The Kier molecular flexibility index (Phi) is 3.17. The summed E-state index contributed by atoms with van der Waals surface area (Å²) in [5, 5.41) is 4.34. The van der Waals surface area contributed by atoms with Gasteiger partial charge in [-0.3, -0.25) is 0 Å². The molecule has 0 atom stereocenters. The Bertz CT molecular complexity index is 704. The smallest absolute Gasteiger partial charge is 0.123 e. The van der Waals surface area contributed by atoms with Gasteiger partial charge in [-0.05, 0) is 45.8 Å². The zero-order valence-electron chi connectivity index (χ0n) is 9.92. The van der Waals surface area contributed by atoms with Crippen molar-refractivity contribution in [3.05, 3.63) is 71.2 Å². The maximum Gasteiger partial charge on any atom is 0.123 e. The average molecular weight is 317 g/mol. The normalized spacial score (nSPS) is 10.6. The van der Waals surface area contributed by atoms with Gasteiger partial charge in [0.2, 0.25) is 0 Å². The van der Waals surface area contributed by atoms with Crippen molar-refractivity contribution >= 4 is 15.9 Å². The van der Waals surface area contributed by atoms with Gasteiger partial charge in [0, 0.05) is 16.2 Å². The molecule has 2 aromatic carbocycles. The van der Waals surface area contributed by atoms with Gasteiger partial charge in [0.15, 0.2) is 0 Å². The Morgan fingerprint density at radius 3 is 2.42 bits per heavy atom. The monoisotopic (exact) mass is 316 g/mol. The fraction of sp³-hybridized carbons (Fsp3) is 0. The molecule has 19 heavy (non-hydrogen) atoms. The number of para-hydroxylation sites is 1. The molecule has 0 aliphatic carbocycles. The quantitative estimate of drug-likeness (QED) is 0.683. The lowest BCUT2D eigenvalue weighted by atomic mass is 10.1. The fourth-order valence-corrected chi connectivity index (χ4v) is 2.35. The van der Waals surface area contributed by atoms with E-state index in [1.807, 2.05) is 30.5 Å². The molecule has 0 radical (unpaired) electrons. The van der Waals surface area contributed by atoms with Crippen molar-refractivity contribution in [3.8, 4) is 16.8 Å². The number of rotatable bonds is 2. The molecule has 0 aliphatic rings. The maximum absolute atomic E-state index is 12.9. The van der Waals surface area contributed by atoms with E-state index in [2.05, 4.69) is 21.0 Å². The minimum absolute atomic E-state index is 0.234. The van der Waals surface area contributed by atoms with Crippen LogP contribution < -0.4 is 0 Å². The van der Waals surface area contributed by atoms with Crippen molar-refractivity contribution in [2.75, 3.05) is 0 Å². The molecule has 0 bridgehead atoms. The third-order valence-electron chi connectivity index (χ3n) is 2.86. The molecular formula is C15H10BrFN2. The summed E-state index contributed by atoms with van der Waals surface area (Å²) in [5.74, 6) is -0.234. The third-order valence-corrected chi connectivity index (χ3v) is 3.53. The molecule has 0 N–H and O–H groups in total. The highest BCUT2D eigenvalue weighted by Crippen LogP contribution is 2.24. The second-order valence-electron chi connectivity index (χ2n) is 4.13. The van der Waals surface area contributed by atoms with E-state index < -0.39 is 0 Å². The van der Waals surface area contributed by atoms with E-state index in [1.54, 1.807) is 23.0 Å². The van der Waals surface area contributed by atoms with E-state index in [0.29, 0.717) is 0 Å². The van der Waals surface area contributed by atoms with Gasteiger partial charge in [0.25, 0.3) is 0 Å². The molecule has 0 saturated heterocycles. The number of aromatic nitrogens is 2. The number of benzene rings is 2. The Hall–Kier alpha value is -1.94. The molecule has 3 aromatic rings. The molecule has 2 nitrogen and oxygen atoms in total. The van der Waals surface area contributed by atoms with Gasteiger partial charge in [-0.15, -0.1) is 0 Å². The van der Waals surface area contributed by atoms with E-state index in [-0.39, 0.29) is 5.82 Å². The molecule has 1 aromatic heterocycles. The van der Waals surface area contributed by atoms with Crippen LogP contribution in [0.2, 0.25) is 0 Å². The van der Waals surface area contributed by atoms with Crippen molar-refractivity contribution in [1.82, 2.24) is 9.78 Å². The first-order valence-electron chi connectivity index (χ1n) is 5.79. The highest BCUT2D eigenvalue weighted by atomic mass is 79.9. The predicted octanol–water partition coefficient (Wildman–Crippen LogP) is 4.44. The molecule has 1 heterocycles. The van der Waals surface area contributed by atoms with E-state index in [9.17, 15) is 4.39 Å². The van der Waals surface area contributed by atoms with Crippen LogP contribution in [0.15, 0.2) is 65.4 Å². The van der Waals surface area contributed by atoms with E-state index >= 15 is 0 Å². The molecule has 0 fully saturated rings. The summed E-state index contributed by atoms with van der Waals surface area (Å²) in [4.78, 5) is 0. The lowest BCUT2D eigenvalue weighted by Gasteiger charge is -2.03. The first-order chi connectivity index (χ1) is 9.24. The Morgan fingerprint density at radius 2 is 1.68 bits per heavy atom. The Balaban J connectivity index is 2.00. The first-order valence-corrected chi connectivity index (χ1v) is 6.59. The van der Waals surface area contributed by atoms with Gasteiger partial charge in [-0.1, -0.05) is 24.3 Å². The van der Waals surface area contributed by atoms with Crippen LogP contribution in [0.4, 0.5) is 4.39 Å².